The van der Waals surface area contributed by atoms with Crippen LogP contribution in [0.25, 0.3) is 0 Å². The number of carbonyl (C=O) groups excluding carboxylic acids is 1. The van der Waals surface area contributed by atoms with Crippen LogP contribution >= 0.6 is 0 Å². The van der Waals surface area contributed by atoms with Crippen molar-refractivity contribution in [2.75, 3.05) is 33.2 Å². The van der Waals surface area contributed by atoms with E-state index < -0.39 is 0 Å². The molecule has 30 heavy (non-hydrogen) atoms. The Bertz CT molecular complexity index is 1050. The standard InChI is InChI=1S/C23H25N3O4/c1-28-17-7-4-6-16(14-17)24-23(27)26-13-12-25-11-5-8-20(25)22(26)19-15-18(29-2)9-10-21(19)30-3/h4-11,14-15,22H,12-13H2,1-3H3,(H,24,27). The van der Waals surface area contributed by atoms with Gasteiger partial charge in [0.1, 0.15) is 23.3 Å². The predicted molar refractivity (Wildman–Crippen MR) is 115 cm³/mol. The van der Waals surface area contributed by atoms with Gasteiger partial charge in [-0.25, -0.2) is 4.79 Å². The van der Waals surface area contributed by atoms with Crippen LogP contribution in [-0.4, -0.2) is 43.4 Å². The number of nitrogens with zero attached hydrogens (tertiary/aromatic N) is 2. The first kappa shape index (κ1) is 19.7. The minimum atomic E-state index is -0.315. The molecule has 0 spiro atoms. The second-order valence-electron chi connectivity index (χ2n) is 6.99. The molecule has 7 heteroatoms. The molecule has 1 unspecified atom stereocenters. The van der Waals surface area contributed by atoms with Crippen molar-refractivity contribution >= 4 is 11.7 Å². The number of hydrogen-bond acceptors (Lipinski definition) is 4. The number of benzene rings is 2. The van der Waals surface area contributed by atoms with Gasteiger partial charge in [-0.2, -0.15) is 0 Å². The number of urea groups is 1. The van der Waals surface area contributed by atoms with Crippen LogP contribution in [0.4, 0.5) is 10.5 Å². The van der Waals surface area contributed by atoms with Gasteiger partial charge in [-0.05, 0) is 42.5 Å². The summed E-state index contributed by atoms with van der Waals surface area (Å²) in [6, 6.07) is 16.5. The molecule has 7 nitrogen and oxygen atoms in total. The van der Waals surface area contributed by atoms with E-state index >= 15 is 0 Å². The number of amides is 2. The van der Waals surface area contributed by atoms with Crippen LogP contribution in [0, 0.1) is 0 Å². The molecule has 156 valence electrons. The molecule has 0 radical (unpaired) electrons. The van der Waals surface area contributed by atoms with Gasteiger partial charge >= 0.3 is 6.03 Å². The van der Waals surface area contributed by atoms with Gasteiger partial charge in [0.25, 0.3) is 0 Å². The fourth-order valence-electron chi connectivity index (χ4n) is 3.88. The number of ether oxygens (including phenoxy) is 3. The molecule has 1 aliphatic rings. The van der Waals surface area contributed by atoms with Crippen LogP contribution in [0.15, 0.2) is 60.8 Å². The van der Waals surface area contributed by atoms with Gasteiger partial charge in [-0.3, -0.25) is 0 Å². The van der Waals surface area contributed by atoms with Crippen LogP contribution in [0.1, 0.15) is 17.3 Å². The average Bonchev–Trinajstić information content (AvgIpc) is 3.27. The van der Waals surface area contributed by atoms with Crippen molar-refractivity contribution in [3.8, 4) is 17.2 Å². The van der Waals surface area contributed by atoms with Crippen molar-refractivity contribution in [1.29, 1.82) is 0 Å². The van der Waals surface area contributed by atoms with E-state index in [1.54, 1.807) is 27.4 Å². The van der Waals surface area contributed by atoms with Gasteiger partial charge in [-0.1, -0.05) is 6.07 Å². The zero-order chi connectivity index (χ0) is 21.1. The van der Waals surface area contributed by atoms with Crippen molar-refractivity contribution in [1.82, 2.24) is 9.47 Å². The molecule has 0 saturated heterocycles. The second kappa shape index (κ2) is 8.41. The molecule has 0 fully saturated rings. The number of aromatic nitrogens is 1. The molecule has 1 N–H and O–H groups in total. The molecule has 1 atom stereocenters. The predicted octanol–water partition coefficient (Wildman–Crippen LogP) is 4.15. The Morgan fingerprint density at radius 1 is 0.933 bits per heavy atom. The molecule has 1 aromatic heterocycles. The first-order valence-corrected chi connectivity index (χ1v) is 9.73. The Morgan fingerprint density at radius 3 is 2.50 bits per heavy atom. The maximum Gasteiger partial charge on any atom is 0.322 e. The fourth-order valence-corrected chi connectivity index (χ4v) is 3.88. The molecule has 0 bridgehead atoms. The van der Waals surface area contributed by atoms with Crippen LogP contribution in [0.2, 0.25) is 0 Å². The highest BCUT2D eigenvalue weighted by molar-refractivity contribution is 5.90. The highest BCUT2D eigenvalue weighted by atomic mass is 16.5. The van der Waals surface area contributed by atoms with E-state index in [9.17, 15) is 4.79 Å². The topological polar surface area (TPSA) is 65.0 Å². The van der Waals surface area contributed by atoms with Gasteiger partial charge < -0.3 is 29.0 Å². The van der Waals surface area contributed by atoms with E-state index in [-0.39, 0.29) is 12.1 Å². The van der Waals surface area contributed by atoms with Crippen molar-refractivity contribution < 1.29 is 19.0 Å². The molecular weight excluding hydrogens is 382 g/mol. The van der Waals surface area contributed by atoms with E-state index in [1.165, 1.54) is 0 Å². The summed E-state index contributed by atoms with van der Waals surface area (Å²) in [5, 5.41) is 3.00. The second-order valence-corrected chi connectivity index (χ2v) is 6.99. The first-order valence-electron chi connectivity index (χ1n) is 9.73. The number of carbonyl (C=O) groups is 1. The first-order chi connectivity index (χ1) is 14.6. The smallest absolute Gasteiger partial charge is 0.322 e. The van der Waals surface area contributed by atoms with Crippen LogP contribution in [0.3, 0.4) is 0 Å². The maximum atomic E-state index is 13.3. The maximum absolute atomic E-state index is 13.3. The summed E-state index contributed by atoms with van der Waals surface area (Å²) in [5.41, 5.74) is 2.57. The SMILES string of the molecule is COc1cccc(NC(=O)N2CCn3cccc3C2c2cc(OC)ccc2OC)c1. The summed E-state index contributed by atoms with van der Waals surface area (Å²) in [4.78, 5) is 15.2. The van der Waals surface area contributed by atoms with Gasteiger partial charge in [0, 0.05) is 42.3 Å². The van der Waals surface area contributed by atoms with Crippen LogP contribution in [-0.2, 0) is 6.54 Å². The normalized spacial score (nSPS) is 15.3. The molecule has 2 aromatic carbocycles. The third kappa shape index (κ3) is 3.66. The lowest BCUT2D eigenvalue weighted by atomic mass is 9.98. The minimum absolute atomic E-state index is 0.189. The minimum Gasteiger partial charge on any atom is -0.497 e. The third-order valence-corrected chi connectivity index (χ3v) is 5.35. The summed E-state index contributed by atoms with van der Waals surface area (Å²) in [5.74, 6) is 2.10. The highest BCUT2D eigenvalue weighted by Crippen LogP contribution is 2.39. The summed E-state index contributed by atoms with van der Waals surface area (Å²) < 4.78 is 18.5. The molecule has 3 aromatic rings. The highest BCUT2D eigenvalue weighted by Gasteiger charge is 2.34. The summed E-state index contributed by atoms with van der Waals surface area (Å²) >= 11 is 0. The Kier molecular flexibility index (Phi) is 5.52. The van der Waals surface area contributed by atoms with Crippen molar-refractivity contribution in [2.24, 2.45) is 0 Å². The van der Waals surface area contributed by atoms with Gasteiger partial charge in [0.15, 0.2) is 0 Å². The van der Waals surface area contributed by atoms with Crippen molar-refractivity contribution in [3.63, 3.8) is 0 Å². The Balaban J connectivity index is 1.73. The van der Waals surface area contributed by atoms with E-state index in [2.05, 4.69) is 9.88 Å². The molecule has 1 aliphatic heterocycles. The number of fused-ring (bicyclic) bond motifs is 1. The van der Waals surface area contributed by atoms with Crippen molar-refractivity contribution in [2.45, 2.75) is 12.6 Å². The molecule has 0 saturated carbocycles. The number of nitrogens with one attached hydrogen (secondary N) is 1. The monoisotopic (exact) mass is 407 g/mol. The zero-order valence-electron chi connectivity index (χ0n) is 17.3. The molecule has 2 heterocycles. The summed E-state index contributed by atoms with van der Waals surface area (Å²) in [6.45, 7) is 1.28. The molecule has 0 aliphatic carbocycles. The lowest BCUT2D eigenvalue weighted by molar-refractivity contribution is 0.180. The average molecular weight is 407 g/mol. The molecule has 4 rings (SSSR count). The summed E-state index contributed by atoms with van der Waals surface area (Å²) in [7, 11) is 4.86. The molecular formula is C23H25N3O4. The largest absolute Gasteiger partial charge is 0.497 e. The number of methoxy groups -OCH3 is 3. The van der Waals surface area contributed by atoms with E-state index in [1.807, 2.05) is 59.6 Å². The fraction of sp³-hybridized carbons (Fsp3) is 0.261. The van der Waals surface area contributed by atoms with Crippen LogP contribution < -0.4 is 19.5 Å². The van der Waals surface area contributed by atoms with Gasteiger partial charge in [0.2, 0.25) is 0 Å². The Labute approximate surface area is 175 Å². The number of anilines is 1. The third-order valence-electron chi connectivity index (χ3n) is 5.35. The molecule has 2 amide bonds. The quantitative estimate of drug-likeness (QED) is 0.690. The Morgan fingerprint density at radius 2 is 1.73 bits per heavy atom. The van der Waals surface area contributed by atoms with E-state index in [4.69, 9.17) is 14.2 Å². The zero-order valence-corrected chi connectivity index (χ0v) is 17.3. The van der Waals surface area contributed by atoms with Gasteiger partial charge in [0.05, 0.1) is 21.3 Å². The van der Waals surface area contributed by atoms with Crippen molar-refractivity contribution in [3.05, 3.63) is 72.1 Å². The lowest BCUT2D eigenvalue weighted by Crippen LogP contribution is -2.44. The lowest BCUT2D eigenvalue weighted by Gasteiger charge is -2.37. The summed E-state index contributed by atoms with van der Waals surface area (Å²) in [6.07, 6.45) is 2.03. The van der Waals surface area contributed by atoms with Crippen LogP contribution in [0.5, 0.6) is 17.2 Å². The van der Waals surface area contributed by atoms with Gasteiger partial charge in [-0.15, -0.1) is 0 Å². The van der Waals surface area contributed by atoms with E-state index in [0.717, 1.165) is 17.8 Å². The Hall–Kier alpha value is -3.61. The number of rotatable bonds is 5. The van der Waals surface area contributed by atoms with E-state index in [0.29, 0.717) is 29.5 Å². The number of hydrogen-bond donors (Lipinski definition) is 1.